The third-order valence-electron chi connectivity index (χ3n) is 2.40. The molecule has 6 heteroatoms. The second-order valence-corrected chi connectivity index (χ2v) is 4.66. The van der Waals surface area contributed by atoms with Crippen molar-refractivity contribution < 1.29 is 14.7 Å². The zero-order valence-corrected chi connectivity index (χ0v) is 11.2. The molecule has 1 atom stereocenters. The number of nitrogens with zero attached hydrogens (tertiary/aromatic N) is 1. The Kier molecular flexibility index (Phi) is 5.64. The molecule has 1 rings (SSSR count). The number of carboxylic acid groups (broad SMARTS) is 1. The zero-order valence-electron chi connectivity index (χ0n) is 10.3. The third kappa shape index (κ3) is 4.03. The van der Waals surface area contributed by atoms with Gasteiger partial charge in [0.2, 0.25) is 0 Å². The van der Waals surface area contributed by atoms with E-state index in [0.717, 1.165) is 12.2 Å². The first-order valence-corrected chi connectivity index (χ1v) is 6.98. The molecule has 0 aliphatic heterocycles. The topological polar surface area (TPSA) is 79.3 Å². The van der Waals surface area contributed by atoms with Crippen molar-refractivity contribution >= 4 is 23.6 Å². The normalized spacial score (nSPS) is 11.9. The van der Waals surface area contributed by atoms with Crippen LogP contribution in [0.5, 0.6) is 0 Å². The number of aromatic carboxylic acids is 1. The smallest absolute Gasteiger partial charge is 0.354 e. The van der Waals surface area contributed by atoms with Gasteiger partial charge in [-0.3, -0.25) is 4.79 Å². The molecule has 0 bridgehead atoms. The summed E-state index contributed by atoms with van der Waals surface area (Å²) in [5, 5.41) is 11.6. The summed E-state index contributed by atoms with van der Waals surface area (Å²) in [4.78, 5) is 26.4. The van der Waals surface area contributed by atoms with Gasteiger partial charge in [0.05, 0.1) is 0 Å². The minimum Gasteiger partial charge on any atom is -0.477 e. The van der Waals surface area contributed by atoms with E-state index in [0.29, 0.717) is 0 Å². The number of amides is 1. The molecule has 2 N–H and O–H groups in total. The van der Waals surface area contributed by atoms with Crippen LogP contribution in [0.15, 0.2) is 18.2 Å². The van der Waals surface area contributed by atoms with E-state index < -0.39 is 5.97 Å². The number of carbonyl (C=O) groups excluding carboxylic acids is 1. The molecular formula is C12H16N2O3S. The van der Waals surface area contributed by atoms with Crippen molar-refractivity contribution in [2.75, 3.05) is 12.0 Å². The van der Waals surface area contributed by atoms with Gasteiger partial charge in [0.1, 0.15) is 11.4 Å². The molecule has 0 saturated heterocycles. The van der Waals surface area contributed by atoms with Crippen LogP contribution < -0.4 is 5.32 Å². The lowest BCUT2D eigenvalue weighted by Crippen LogP contribution is -2.36. The van der Waals surface area contributed by atoms with Crippen LogP contribution >= 0.6 is 11.8 Å². The zero-order chi connectivity index (χ0) is 13.5. The van der Waals surface area contributed by atoms with Crippen LogP contribution in [0.1, 0.15) is 34.3 Å². The standard InChI is InChI=1S/C12H16N2O3S/c1-3-8(7-18-2)13-11(15)9-5-4-6-10(14-9)12(16)17/h4-6,8H,3,7H2,1-2H3,(H,13,15)(H,16,17). The van der Waals surface area contributed by atoms with E-state index in [1.807, 2.05) is 13.2 Å². The SMILES string of the molecule is CCC(CSC)NC(=O)c1cccc(C(=O)O)n1. The molecule has 0 fully saturated rings. The van der Waals surface area contributed by atoms with Crippen LogP contribution in [0.25, 0.3) is 0 Å². The number of hydrogen-bond donors (Lipinski definition) is 2. The molecule has 0 saturated carbocycles. The number of thioether (sulfide) groups is 1. The summed E-state index contributed by atoms with van der Waals surface area (Å²) in [6.45, 7) is 1.99. The van der Waals surface area contributed by atoms with Crippen molar-refractivity contribution in [3.8, 4) is 0 Å². The van der Waals surface area contributed by atoms with E-state index in [1.165, 1.54) is 18.2 Å². The molecule has 0 radical (unpaired) electrons. The fourth-order valence-electron chi connectivity index (χ4n) is 1.40. The maximum absolute atomic E-state index is 11.9. The Balaban J connectivity index is 2.77. The average molecular weight is 268 g/mol. The van der Waals surface area contributed by atoms with E-state index in [-0.39, 0.29) is 23.3 Å². The number of aromatic nitrogens is 1. The Morgan fingerprint density at radius 1 is 1.44 bits per heavy atom. The first-order chi connectivity index (χ1) is 8.58. The second kappa shape index (κ2) is 7.00. The molecule has 98 valence electrons. The maximum Gasteiger partial charge on any atom is 0.354 e. The highest BCUT2D eigenvalue weighted by Crippen LogP contribution is 2.04. The lowest BCUT2D eigenvalue weighted by atomic mass is 10.2. The maximum atomic E-state index is 11.9. The minimum atomic E-state index is -1.14. The predicted molar refractivity (Wildman–Crippen MR) is 71.1 cm³/mol. The van der Waals surface area contributed by atoms with Crippen LogP contribution in [-0.2, 0) is 0 Å². The Morgan fingerprint density at radius 3 is 2.67 bits per heavy atom. The van der Waals surface area contributed by atoms with Gasteiger partial charge in [-0.2, -0.15) is 11.8 Å². The fraction of sp³-hybridized carbons (Fsp3) is 0.417. The summed E-state index contributed by atoms with van der Waals surface area (Å²) in [6, 6.07) is 4.45. The third-order valence-corrected chi connectivity index (χ3v) is 3.13. The lowest BCUT2D eigenvalue weighted by Gasteiger charge is -2.15. The molecule has 0 aromatic carbocycles. The van der Waals surface area contributed by atoms with Crippen LogP contribution in [-0.4, -0.2) is 40.0 Å². The minimum absolute atomic E-state index is 0.0720. The fourth-order valence-corrected chi connectivity index (χ4v) is 2.12. The molecule has 0 aliphatic carbocycles. The monoisotopic (exact) mass is 268 g/mol. The van der Waals surface area contributed by atoms with Gasteiger partial charge in [-0.15, -0.1) is 0 Å². The highest BCUT2D eigenvalue weighted by atomic mass is 32.2. The van der Waals surface area contributed by atoms with Gasteiger partial charge in [-0.05, 0) is 24.8 Å². The highest BCUT2D eigenvalue weighted by molar-refractivity contribution is 7.98. The molecule has 1 heterocycles. The van der Waals surface area contributed by atoms with E-state index in [9.17, 15) is 9.59 Å². The number of carbonyl (C=O) groups is 2. The van der Waals surface area contributed by atoms with Crippen LogP contribution in [0.2, 0.25) is 0 Å². The van der Waals surface area contributed by atoms with Gasteiger partial charge in [0.25, 0.3) is 5.91 Å². The van der Waals surface area contributed by atoms with Gasteiger partial charge < -0.3 is 10.4 Å². The molecule has 1 amide bonds. The summed E-state index contributed by atoms with van der Waals surface area (Å²) in [5.74, 6) is -0.652. The molecule has 1 aromatic heterocycles. The molecule has 1 aromatic rings. The Hall–Kier alpha value is -1.56. The first kappa shape index (κ1) is 14.5. The van der Waals surface area contributed by atoms with Crippen molar-refractivity contribution in [2.24, 2.45) is 0 Å². The number of nitrogens with one attached hydrogen (secondary N) is 1. The van der Waals surface area contributed by atoms with Crippen molar-refractivity contribution in [1.29, 1.82) is 0 Å². The van der Waals surface area contributed by atoms with Gasteiger partial charge >= 0.3 is 5.97 Å². The molecule has 18 heavy (non-hydrogen) atoms. The number of hydrogen-bond acceptors (Lipinski definition) is 4. The van der Waals surface area contributed by atoms with E-state index >= 15 is 0 Å². The van der Waals surface area contributed by atoms with Gasteiger partial charge in [0.15, 0.2) is 0 Å². The van der Waals surface area contributed by atoms with Gasteiger partial charge in [-0.25, -0.2) is 9.78 Å². The van der Waals surface area contributed by atoms with E-state index in [2.05, 4.69) is 10.3 Å². The first-order valence-electron chi connectivity index (χ1n) is 5.58. The Bertz CT molecular complexity index is 437. The summed E-state index contributed by atoms with van der Waals surface area (Å²) < 4.78 is 0. The average Bonchev–Trinajstić information content (AvgIpc) is 2.38. The summed E-state index contributed by atoms with van der Waals surface area (Å²) >= 11 is 1.65. The van der Waals surface area contributed by atoms with E-state index in [1.54, 1.807) is 11.8 Å². The number of rotatable bonds is 6. The predicted octanol–water partition coefficient (Wildman–Crippen LogP) is 1.65. The highest BCUT2D eigenvalue weighted by Gasteiger charge is 2.14. The van der Waals surface area contributed by atoms with Gasteiger partial charge in [-0.1, -0.05) is 13.0 Å². The quantitative estimate of drug-likeness (QED) is 0.820. The number of carboxylic acids is 1. The second-order valence-electron chi connectivity index (χ2n) is 3.75. The van der Waals surface area contributed by atoms with E-state index in [4.69, 9.17) is 5.11 Å². The molecular weight excluding hydrogens is 252 g/mol. The van der Waals surface area contributed by atoms with Crippen LogP contribution in [0.3, 0.4) is 0 Å². The van der Waals surface area contributed by atoms with Crippen molar-refractivity contribution in [1.82, 2.24) is 10.3 Å². The Labute approximate surface area is 110 Å². The van der Waals surface area contributed by atoms with Crippen LogP contribution in [0.4, 0.5) is 0 Å². The Morgan fingerprint density at radius 2 is 2.11 bits per heavy atom. The van der Waals surface area contributed by atoms with Crippen molar-refractivity contribution in [3.63, 3.8) is 0 Å². The largest absolute Gasteiger partial charge is 0.477 e. The number of pyridine rings is 1. The molecule has 5 nitrogen and oxygen atoms in total. The summed E-state index contributed by atoms with van der Waals surface area (Å²) in [5.41, 5.74) is 0.00928. The molecule has 0 aliphatic rings. The van der Waals surface area contributed by atoms with Gasteiger partial charge in [0, 0.05) is 11.8 Å². The van der Waals surface area contributed by atoms with Crippen LogP contribution in [0, 0.1) is 0 Å². The summed E-state index contributed by atoms with van der Waals surface area (Å²) in [7, 11) is 0. The molecule has 0 spiro atoms. The molecule has 1 unspecified atom stereocenters. The summed E-state index contributed by atoms with van der Waals surface area (Å²) in [6.07, 6.45) is 2.79. The van der Waals surface area contributed by atoms with Crippen molar-refractivity contribution in [2.45, 2.75) is 19.4 Å². The lowest BCUT2D eigenvalue weighted by molar-refractivity contribution is 0.0690. The van der Waals surface area contributed by atoms with Crippen molar-refractivity contribution in [3.05, 3.63) is 29.6 Å².